The van der Waals surface area contributed by atoms with Gasteiger partial charge in [0.25, 0.3) is 0 Å². The highest BCUT2D eigenvalue weighted by molar-refractivity contribution is 5.80. The van der Waals surface area contributed by atoms with Crippen LogP contribution < -0.4 is 0 Å². The van der Waals surface area contributed by atoms with E-state index in [9.17, 15) is 9.59 Å². The lowest BCUT2D eigenvalue weighted by Crippen LogP contribution is -2.51. The number of likely N-dealkylation sites (tertiary alicyclic amines) is 1. The van der Waals surface area contributed by atoms with E-state index in [1.54, 1.807) is 4.90 Å². The first-order valence-electron chi connectivity index (χ1n) is 6.73. The van der Waals surface area contributed by atoms with Crippen LogP contribution in [0.2, 0.25) is 0 Å². The molecule has 1 atom stereocenters. The average molecular weight is 256 g/mol. The van der Waals surface area contributed by atoms with E-state index >= 15 is 0 Å². The molecule has 1 N–H and O–H groups in total. The second kappa shape index (κ2) is 6.61. The molecule has 0 aliphatic carbocycles. The minimum absolute atomic E-state index is 0.0874. The van der Waals surface area contributed by atoms with Gasteiger partial charge in [0.2, 0.25) is 0 Å². The number of carbonyl (C=O) groups is 2. The summed E-state index contributed by atoms with van der Waals surface area (Å²) in [6.45, 7) is 7.13. The summed E-state index contributed by atoms with van der Waals surface area (Å²) >= 11 is 0. The first-order valence-corrected chi connectivity index (χ1v) is 6.73. The van der Waals surface area contributed by atoms with E-state index in [4.69, 9.17) is 5.11 Å². The van der Waals surface area contributed by atoms with E-state index < -0.39 is 5.97 Å². The molecule has 1 rings (SSSR count). The maximum Gasteiger partial charge on any atom is 0.323 e. The smallest absolute Gasteiger partial charge is 0.323 e. The van der Waals surface area contributed by atoms with Crippen LogP contribution in [0.25, 0.3) is 0 Å². The molecule has 1 unspecified atom stereocenters. The van der Waals surface area contributed by atoms with Gasteiger partial charge in [-0.2, -0.15) is 0 Å². The minimum Gasteiger partial charge on any atom is -0.480 e. The molecule has 1 aliphatic rings. The van der Waals surface area contributed by atoms with Gasteiger partial charge in [0.15, 0.2) is 0 Å². The summed E-state index contributed by atoms with van der Waals surface area (Å²) in [5.41, 5.74) is 0. The van der Waals surface area contributed by atoms with Crippen molar-refractivity contribution in [1.29, 1.82) is 0 Å². The molecule has 1 fully saturated rings. The monoisotopic (exact) mass is 256 g/mol. The van der Waals surface area contributed by atoms with Crippen LogP contribution in [-0.4, -0.2) is 52.6 Å². The Bertz CT molecular complexity index is 305. The molecule has 0 bridgehead atoms. The number of carboxylic acids is 1. The zero-order valence-electron chi connectivity index (χ0n) is 11.6. The lowest BCUT2D eigenvalue weighted by atomic mass is 9.96. The Morgan fingerprint density at radius 3 is 2.61 bits per heavy atom. The lowest BCUT2D eigenvalue weighted by molar-refractivity contribution is -0.138. The fraction of sp³-hybridized carbons (Fsp3) is 0.846. The molecule has 2 amide bonds. The molecule has 0 aromatic rings. The summed E-state index contributed by atoms with van der Waals surface area (Å²) in [5.74, 6) is -0.400. The first kappa shape index (κ1) is 14.8. The Morgan fingerprint density at radius 2 is 2.11 bits per heavy atom. The molecule has 0 saturated carbocycles. The van der Waals surface area contributed by atoms with Crippen LogP contribution >= 0.6 is 0 Å². The van der Waals surface area contributed by atoms with Gasteiger partial charge in [-0.05, 0) is 32.6 Å². The van der Waals surface area contributed by atoms with Crippen molar-refractivity contribution in [2.24, 2.45) is 5.92 Å². The summed E-state index contributed by atoms with van der Waals surface area (Å²) < 4.78 is 0. The number of carboxylic acid groups (broad SMARTS) is 1. The van der Waals surface area contributed by atoms with Crippen molar-refractivity contribution in [3.05, 3.63) is 0 Å². The molecule has 18 heavy (non-hydrogen) atoms. The van der Waals surface area contributed by atoms with Crippen LogP contribution in [0.1, 0.15) is 40.0 Å². The molecule has 0 aromatic heterocycles. The Kier molecular flexibility index (Phi) is 5.44. The molecule has 1 saturated heterocycles. The molecular weight excluding hydrogens is 232 g/mol. The van der Waals surface area contributed by atoms with E-state index in [1.807, 2.05) is 13.8 Å². The topological polar surface area (TPSA) is 60.9 Å². The van der Waals surface area contributed by atoms with Gasteiger partial charge in [0.05, 0.1) is 0 Å². The largest absolute Gasteiger partial charge is 0.480 e. The number of piperidine rings is 1. The third-order valence-electron chi connectivity index (χ3n) is 3.54. The van der Waals surface area contributed by atoms with Crippen molar-refractivity contribution in [3.63, 3.8) is 0 Å². The Morgan fingerprint density at radius 1 is 1.44 bits per heavy atom. The van der Waals surface area contributed by atoms with Crippen molar-refractivity contribution in [3.8, 4) is 0 Å². The summed E-state index contributed by atoms with van der Waals surface area (Å²) in [6.07, 6.45) is 3.26. The molecule has 0 radical (unpaired) electrons. The first-order chi connectivity index (χ1) is 8.45. The summed E-state index contributed by atoms with van der Waals surface area (Å²) in [5, 5.41) is 8.87. The van der Waals surface area contributed by atoms with Crippen LogP contribution in [0.3, 0.4) is 0 Å². The fourth-order valence-corrected chi connectivity index (χ4v) is 2.37. The van der Waals surface area contributed by atoms with Gasteiger partial charge in [-0.15, -0.1) is 0 Å². The number of urea groups is 1. The second-order valence-electron chi connectivity index (χ2n) is 5.26. The van der Waals surface area contributed by atoms with Crippen molar-refractivity contribution in [2.75, 3.05) is 19.6 Å². The van der Waals surface area contributed by atoms with Gasteiger partial charge in [-0.25, -0.2) is 4.79 Å². The third kappa shape index (κ3) is 3.89. The van der Waals surface area contributed by atoms with Crippen molar-refractivity contribution >= 4 is 12.0 Å². The zero-order chi connectivity index (χ0) is 13.7. The van der Waals surface area contributed by atoms with Crippen LogP contribution in [-0.2, 0) is 4.79 Å². The lowest BCUT2D eigenvalue weighted by Gasteiger charge is -2.37. The number of nitrogens with zero attached hydrogens (tertiary/aromatic N) is 2. The second-order valence-corrected chi connectivity index (χ2v) is 5.26. The van der Waals surface area contributed by atoms with Crippen molar-refractivity contribution in [1.82, 2.24) is 9.80 Å². The van der Waals surface area contributed by atoms with E-state index in [-0.39, 0.29) is 18.6 Å². The summed E-state index contributed by atoms with van der Waals surface area (Å²) in [7, 11) is 0. The van der Waals surface area contributed by atoms with Gasteiger partial charge < -0.3 is 14.9 Å². The van der Waals surface area contributed by atoms with Gasteiger partial charge in [-0.1, -0.05) is 13.3 Å². The molecule has 1 aliphatic heterocycles. The average Bonchev–Trinajstić information content (AvgIpc) is 2.34. The van der Waals surface area contributed by atoms with Gasteiger partial charge in [0, 0.05) is 19.1 Å². The number of aliphatic carboxylic acids is 1. The molecule has 0 aromatic carbocycles. The molecule has 5 nitrogen and oxygen atoms in total. The van der Waals surface area contributed by atoms with Crippen LogP contribution in [0.5, 0.6) is 0 Å². The van der Waals surface area contributed by atoms with Gasteiger partial charge in [0.1, 0.15) is 6.54 Å². The molecule has 5 heteroatoms. The highest BCUT2D eigenvalue weighted by Gasteiger charge is 2.28. The summed E-state index contributed by atoms with van der Waals surface area (Å²) in [6, 6.07) is -0.221. The van der Waals surface area contributed by atoms with E-state index in [1.165, 1.54) is 11.3 Å². The van der Waals surface area contributed by atoms with E-state index in [0.717, 1.165) is 25.9 Å². The maximum atomic E-state index is 12.3. The quantitative estimate of drug-likeness (QED) is 0.837. The SMILES string of the molecule is CCC1CCCN(C(=O)N(CC(=O)O)C(C)C)C1. The number of carbonyl (C=O) groups excluding carboxylic acids is 1. The fourth-order valence-electron chi connectivity index (χ4n) is 2.37. The van der Waals surface area contributed by atoms with Crippen LogP contribution in [0.4, 0.5) is 4.79 Å². The highest BCUT2D eigenvalue weighted by Crippen LogP contribution is 2.20. The van der Waals surface area contributed by atoms with Crippen LogP contribution in [0.15, 0.2) is 0 Å². The number of amides is 2. The molecular formula is C13H24N2O3. The Balaban J connectivity index is 2.67. The molecule has 0 spiro atoms. The predicted molar refractivity (Wildman–Crippen MR) is 69.5 cm³/mol. The summed E-state index contributed by atoms with van der Waals surface area (Å²) in [4.78, 5) is 26.4. The normalized spacial score (nSPS) is 20.0. The van der Waals surface area contributed by atoms with E-state index in [2.05, 4.69) is 6.92 Å². The third-order valence-corrected chi connectivity index (χ3v) is 3.54. The van der Waals surface area contributed by atoms with Crippen molar-refractivity contribution in [2.45, 2.75) is 46.1 Å². The maximum absolute atomic E-state index is 12.3. The van der Waals surface area contributed by atoms with E-state index in [0.29, 0.717) is 5.92 Å². The predicted octanol–water partition coefficient (Wildman–Crippen LogP) is 2.02. The van der Waals surface area contributed by atoms with Gasteiger partial charge in [-0.3, -0.25) is 4.79 Å². The zero-order valence-corrected chi connectivity index (χ0v) is 11.6. The Labute approximate surface area is 109 Å². The van der Waals surface area contributed by atoms with Crippen LogP contribution in [0, 0.1) is 5.92 Å². The van der Waals surface area contributed by atoms with Crippen molar-refractivity contribution < 1.29 is 14.7 Å². The van der Waals surface area contributed by atoms with Gasteiger partial charge >= 0.3 is 12.0 Å². The molecule has 1 heterocycles. The Hall–Kier alpha value is -1.26. The number of rotatable bonds is 4. The standard InChI is InChI=1S/C13H24N2O3/c1-4-11-6-5-7-14(8-11)13(18)15(10(2)3)9-12(16)17/h10-11H,4-9H2,1-3H3,(H,16,17). The number of hydrogen-bond acceptors (Lipinski definition) is 2. The highest BCUT2D eigenvalue weighted by atomic mass is 16.4. The number of hydrogen-bond donors (Lipinski definition) is 1. The minimum atomic E-state index is -0.957. The molecule has 104 valence electrons.